The van der Waals surface area contributed by atoms with E-state index in [4.69, 9.17) is 9.84 Å². The molecule has 0 aliphatic heterocycles. The van der Waals surface area contributed by atoms with Gasteiger partial charge < -0.3 is 15.2 Å². The SMILES string of the molecule is C=C(C)COCCNC(=O)C(=O)O. The molecule has 0 saturated heterocycles. The van der Waals surface area contributed by atoms with Gasteiger partial charge in [-0.2, -0.15) is 0 Å². The minimum Gasteiger partial charge on any atom is -0.474 e. The van der Waals surface area contributed by atoms with Crippen molar-refractivity contribution in [2.45, 2.75) is 6.92 Å². The van der Waals surface area contributed by atoms with Crippen LogP contribution in [-0.2, 0) is 14.3 Å². The van der Waals surface area contributed by atoms with E-state index in [9.17, 15) is 9.59 Å². The summed E-state index contributed by atoms with van der Waals surface area (Å²) in [5.41, 5.74) is 0.879. The van der Waals surface area contributed by atoms with Gasteiger partial charge in [-0.25, -0.2) is 4.79 Å². The second-order valence-corrected chi connectivity index (χ2v) is 2.57. The Hall–Kier alpha value is -1.36. The van der Waals surface area contributed by atoms with Crippen molar-refractivity contribution in [3.8, 4) is 0 Å². The highest BCUT2D eigenvalue weighted by molar-refractivity contribution is 6.31. The first-order valence-corrected chi connectivity index (χ1v) is 3.77. The van der Waals surface area contributed by atoms with Gasteiger partial charge in [0.15, 0.2) is 0 Å². The number of hydrogen-bond donors (Lipinski definition) is 2. The Bertz CT molecular complexity index is 212. The molecule has 5 heteroatoms. The minimum absolute atomic E-state index is 0.193. The van der Waals surface area contributed by atoms with Crippen LogP contribution in [0.15, 0.2) is 12.2 Å². The van der Waals surface area contributed by atoms with E-state index in [-0.39, 0.29) is 13.2 Å². The predicted octanol–water partition coefficient (Wildman–Crippen LogP) is -0.220. The highest BCUT2D eigenvalue weighted by Gasteiger charge is 2.08. The second kappa shape index (κ2) is 6.19. The molecule has 0 aromatic carbocycles. The molecule has 1 amide bonds. The van der Waals surface area contributed by atoms with Crippen LogP contribution < -0.4 is 5.32 Å². The fraction of sp³-hybridized carbons (Fsp3) is 0.500. The van der Waals surface area contributed by atoms with Gasteiger partial charge in [0.1, 0.15) is 0 Å². The summed E-state index contributed by atoms with van der Waals surface area (Å²) in [6.45, 7) is 6.32. The van der Waals surface area contributed by atoms with E-state index in [1.807, 2.05) is 6.92 Å². The van der Waals surface area contributed by atoms with Crippen molar-refractivity contribution < 1.29 is 19.4 Å². The zero-order valence-corrected chi connectivity index (χ0v) is 7.50. The Morgan fingerprint density at radius 1 is 1.54 bits per heavy atom. The van der Waals surface area contributed by atoms with Gasteiger partial charge in [0, 0.05) is 6.54 Å². The molecule has 0 radical (unpaired) electrons. The standard InChI is InChI=1S/C8H13NO4/c1-6(2)5-13-4-3-9-7(10)8(11)12/h1,3-5H2,2H3,(H,9,10)(H,11,12). The number of carbonyl (C=O) groups excluding carboxylic acids is 1. The monoisotopic (exact) mass is 187 g/mol. The summed E-state index contributed by atoms with van der Waals surface area (Å²) in [5, 5.41) is 10.3. The second-order valence-electron chi connectivity index (χ2n) is 2.57. The van der Waals surface area contributed by atoms with Crippen molar-refractivity contribution in [3.63, 3.8) is 0 Å². The number of hydrogen-bond acceptors (Lipinski definition) is 3. The molecule has 0 aromatic heterocycles. The number of aliphatic carboxylic acids is 1. The molecular weight excluding hydrogens is 174 g/mol. The number of carboxylic acids is 1. The van der Waals surface area contributed by atoms with Crippen LogP contribution in [0.4, 0.5) is 0 Å². The molecule has 74 valence electrons. The normalized spacial score (nSPS) is 9.31. The lowest BCUT2D eigenvalue weighted by Crippen LogP contribution is -2.33. The van der Waals surface area contributed by atoms with E-state index in [0.29, 0.717) is 6.61 Å². The summed E-state index contributed by atoms with van der Waals surface area (Å²) in [4.78, 5) is 20.5. The van der Waals surface area contributed by atoms with Gasteiger partial charge in [-0.15, -0.1) is 0 Å². The average molecular weight is 187 g/mol. The van der Waals surface area contributed by atoms with Crippen LogP contribution in [0.25, 0.3) is 0 Å². The number of nitrogens with one attached hydrogen (secondary N) is 1. The third-order valence-electron chi connectivity index (χ3n) is 1.07. The first-order chi connectivity index (χ1) is 6.04. The van der Waals surface area contributed by atoms with Crippen LogP contribution in [-0.4, -0.2) is 36.7 Å². The van der Waals surface area contributed by atoms with E-state index in [1.54, 1.807) is 0 Å². The Balaban J connectivity index is 3.31. The molecule has 0 spiro atoms. The zero-order valence-electron chi connectivity index (χ0n) is 7.50. The Morgan fingerprint density at radius 2 is 2.15 bits per heavy atom. The fourth-order valence-electron chi connectivity index (χ4n) is 0.559. The highest BCUT2D eigenvalue weighted by Crippen LogP contribution is 1.86. The lowest BCUT2D eigenvalue weighted by molar-refractivity contribution is -0.150. The molecule has 2 N–H and O–H groups in total. The summed E-state index contributed by atoms with van der Waals surface area (Å²) in [6, 6.07) is 0. The largest absolute Gasteiger partial charge is 0.474 e. The van der Waals surface area contributed by atoms with Crippen molar-refractivity contribution in [1.82, 2.24) is 5.32 Å². The first-order valence-electron chi connectivity index (χ1n) is 3.77. The van der Waals surface area contributed by atoms with Gasteiger partial charge in [-0.1, -0.05) is 12.2 Å². The quantitative estimate of drug-likeness (QED) is 0.354. The average Bonchev–Trinajstić information content (AvgIpc) is 2.02. The van der Waals surface area contributed by atoms with Gasteiger partial charge in [0.05, 0.1) is 13.2 Å². The fourth-order valence-corrected chi connectivity index (χ4v) is 0.559. The smallest absolute Gasteiger partial charge is 0.394 e. The van der Waals surface area contributed by atoms with Crippen molar-refractivity contribution in [1.29, 1.82) is 0 Å². The van der Waals surface area contributed by atoms with E-state index >= 15 is 0 Å². The minimum atomic E-state index is -1.49. The van der Waals surface area contributed by atoms with E-state index in [2.05, 4.69) is 11.9 Å². The Kier molecular flexibility index (Phi) is 5.54. The molecule has 0 saturated carbocycles. The maximum atomic E-state index is 10.5. The summed E-state index contributed by atoms with van der Waals surface area (Å²) in [6.07, 6.45) is 0. The van der Waals surface area contributed by atoms with Gasteiger partial charge >= 0.3 is 11.9 Å². The third-order valence-corrected chi connectivity index (χ3v) is 1.07. The van der Waals surface area contributed by atoms with Crippen LogP contribution in [0, 0.1) is 0 Å². The van der Waals surface area contributed by atoms with Crippen LogP contribution in [0.2, 0.25) is 0 Å². The third kappa shape index (κ3) is 7.02. The lowest BCUT2D eigenvalue weighted by Gasteiger charge is -2.03. The van der Waals surface area contributed by atoms with Crippen molar-refractivity contribution in [2.75, 3.05) is 19.8 Å². The molecule has 0 aliphatic rings. The lowest BCUT2D eigenvalue weighted by atomic mass is 10.4. The number of carboxylic acid groups (broad SMARTS) is 1. The highest BCUT2D eigenvalue weighted by atomic mass is 16.5. The summed E-state index contributed by atoms with van der Waals surface area (Å²) < 4.78 is 5.02. The van der Waals surface area contributed by atoms with Crippen LogP contribution >= 0.6 is 0 Å². The van der Waals surface area contributed by atoms with Crippen molar-refractivity contribution >= 4 is 11.9 Å². The van der Waals surface area contributed by atoms with Crippen molar-refractivity contribution in [3.05, 3.63) is 12.2 Å². The van der Waals surface area contributed by atoms with E-state index < -0.39 is 11.9 Å². The van der Waals surface area contributed by atoms with Crippen molar-refractivity contribution in [2.24, 2.45) is 0 Å². The Labute approximate surface area is 76.4 Å². The molecule has 0 unspecified atom stereocenters. The molecule has 0 aromatic rings. The number of amides is 1. The van der Waals surface area contributed by atoms with E-state index in [1.165, 1.54) is 0 Å². The maximum absolute atomic E-state index is 10.5. The molecule has 0 rings (SSSR count). The Morgan fingerprint density at radius 3 is 2.62 bits per heavy atom. The molecule has 0 heterocycles. The van der Waals surface area contributed by atoms with Gasteiger partial charge in [0.2, 0.25) is 0 Å². The number of ether oxygens (including phenoxy) is 1. The van der Waals surface area contributed by atoms with Crippen LogP contribution in [0.5, 0.6) is 0 Å². The maximum Gasteiger partial charge on any atom is 0.394 e. The van der Waals surface area contributed by atoms with Gasteiger partial charge in [-0.05, 0) is 6.92 Å². The molecule has 0 fully saturated rings. The summed E-state index contributed by atoms with van der Waals surface area (Å²) in [5.74, 6) is -2.50. The molecule has 13 heavy (non-hydrogen) atoms. The number of rotatable bonds is 5. The van der Waals surface area contributed by atoms with Crippen LogP contribution in [0.3, 0.4) is 0 Å². The molecule has 0 bridgehead atoms. The molecule has 5 nitrogen and oxygen atoms in total. The van der Waals surface area contributed by atoms with Gasteiger partial charge in [0.25, 0.3) is 0 Å². The predicted molar refractivity (Wildman–Crippen MR) is 46.3 cm³/mol. The first kappa shape index (κ1) is 11.6. The summed E-state index contributed by atoms with van der Waals surface area (Å²) in [7, 11) is 0. The number of carbonyl (C=O) groups is 2. The summed E-state index contributed by atoms with van der Waals surface area (Å²) >= 11 is 0. The van der Waals surface area contributed by atoms with Crippen LogP contribution in [0.1, 0.15) is 6.92 Å². The van der Waals surface area contributed by atoms with Gasteiger partial charge in [-0.3, -0.25) is 4.79 Å². The molecule has 0 aliphatic carbocycles. The zero-order chi connectivity index (χ0) is 10.3. The molecular formula is C8H13NO4. The topological polar surface area (TPSA) is 75.6 Å². The molecule has 0 atom stereocenters. The van der Waals surface area contributed by atoms with E-state index in [0.717, 1.165) is 5.57 Å².